The van der Waals surface area contributed by atoms with Crippen molar-refractivity contribution in [2.24, 2.45) is 4.99 Å². The number of ether oxygens (including phenoxy) is 1. The lowest BCUT2D eigenvalue weighted by Crippen LogP contribution is -2.39. The van der Waals surface area contributed by atoms with Crippen molar-refractivity contribution < 1.29 is 14.3 Å². The minimum Gasteiger partial charge on any atom is -0.459 e. The molecule has 0 aromatic heterocycles. The van der Waals surface area contributed by atoms with Crippen molar-refractivity contribution in [2.45, 2.75) is 65.6 Å². The number of fused-ring (bicyclic) bond motifs is 1. The molecule has 0 fully saturated rings. The normalized spacial score (nSPS) is 19.1. The Labute approximate surface area is 192 Å². The van der Waals surface area contributed by atoms with Gasteiger partial charge < -0.3 is 15.0 Å². The van der Waals surface area contributed by atoms with Crippen molar-refractivity contribution in [3.05, 3.63) is 57.2 Å². The number of allylic oxidation sites excluding steroid dienone is 1. The number of carbonyl (C=O) groups is 2. The smallest absolute Gasteiger partial charge is 0.338 e. The summed E-state index contributed by atoms with van der Waals surface area (Å²) in [6, 6.07) is 6.99. The number of aliphatic imine (C=N–C) groups is 1. The Morgan fingerprint density at radius 2 is 2.00 bits per heavy atom. The summed E-state index contributed by atoms with van der Waals surface area (Å²) in [7, 11) is 0. The van der Waals surface area contributed by atoms with Gasteiger partial charge in [-0.15, -0.1) is 0 Å². The van der Waals surface area contributed by atoms with Crippen LogP contribution < -0.4 is 5.32 Å². The molecule has 0 saturated heterocycles. The maximum Gasteiger partial charge on any atom is 0.338 e. The van der Waals surface area contributed by atoms with Crippen molar-refractivity contribution in [3.8, 4) is 0 Å². The van der Waals surface area contributed by atoms with E-state index >= 15 is 0 Å². The second-order valence-corrected chi connectivity index (χ2v) is 9.17. The van der Waals surface area contributed by atoms with E-state index in [-0.39, 0.29) is 24.5 Å². The number of nitrogens with one attached hydrogen (secondary N) is 1. The quantitative estimate of drug-likeness (QED) is 0.567. The number of carbonyl (C=O) groups excluding carboxylic acids is 2. The lowest BCUT2D eigenvalue weighted by atomic mass is 9.93. The first-order chi connectivity index (χ1) is 14.7. The Bertz CT molecular complexity index is 971. The van der Waals surface area contributed by atoms with E-state index < -0.39 is 12.0 Å². The third-order valence-corrected chi connectivity index (χ3v) is 6.36. The Morgan fingerprint density at radius 3 is 2.65 bits per heavy atom. The van der Waals surface area contributed by atoms with Gasteiger partial charge in [-0.25, -0.2) is 9.79 Å². The highest BCUT2D eigenvalue weighted by Crippen LogP contribution is 2.46. The number of benzene rings is 1. The molecule has 1 aromatic rings. The standard InChI is InChI=1S/C23H28ClN3O3S/c1-6-14(4)25-19(28)11-16-12-31-23-26-15(5)20(22(29)30-13(2)3)21(27(16)23)17-9-7-8-10-18(17)24/h7-10,12-14,21H,6,11H2,1-5H3,(H,25,28)/t14-,21+/m0/s1. The van der Waals surface area contributed by atoms with Crippen LogP contribution in [0.2, 0.25) is 5.02 Å². The summed E-state index contributed by atoms with van der Waals surface area (Å²) in [5.41, 5.74) is 2.56. The average molecular weight is 462 g/mol. The molecule has 0 aliphatic carbocycles. The Morgan fingerprint density at radius 1 is 1.29 bits per heavy atom. The predicted molar refractivity (Wildman–Crippen MR) is 126 cm³/mol. The predicted octanol–water partition coefficient (Wildman–Crippen LogP) is 5.17. The molecule has 0 bridgehead atoms. The van der Waals surface area contributed by atoms with Crippen LogP contribution in [0.4, 0.5) is 0 Å². The zero-order valence-corrected chi connectivity index (χ0v) is 20.0. The molecule has 1 N–H and O–H groups in total. The monoisotopic (exact) mass is 461 g/mol. The first-order valence-corrected chi connectivity index (χ1v) is 11.7. The van der Waals surface area contributed by atoms with E-state index in [1.165, 1.54) is 11.8 Å². The van der Waals surface area contributed by atoms with Gasteiger partial charge in [0.15, 0.2) is 5.17 Å². The van der Waals surface area contributed by atoms with Gasteiger partial charge in [0.1, 0.15) is 0 Å². The number of thioether (sulfide) groups is 1. The van der Waals surface area contributed by atoms with Crippen LogP contribution in [0, 0.1) is 0 Å². The minimum absolute atomic E-state index is 0.0714. The fourth-order valence-corrected chi connectivity index (χ4v) is 4.70. The van der Waals surface area contributed by atoms with Crippen LogP contribution in [0.15, 0.2) is 51.6 Å². The molecule has 2 aliphatic heterocycles. The summed E-state index contributed by atoms with van der Waals surface area (Å²) in [4.78, 5) is 32.3. The maximum absolute atomic E-state index is 13.1. The molecular formula is C23H28ClN3O3S. The second kappa shape index (κ2) is 9.92. The van der Waals surface area contributed by atoms with Gasteiger partial charge in [-0.05, 0) is 51.2 Å². The number of halogens is 1. The molecule has 3 rings (SSSR count). The fraction of sp³-hybridized carbons (Fsp3) is 0.435. The number of amidine groups is 1. The number of amides is 1. The van der Waals surface area contributed by atoms with Crippen molar-refractivity contribution in [3.63, 3.8) is 0 Å². The van der Waals surface area contributed by atoms with Crippen LogP contribution >= 0.6 is 23.4 Å². The van der Waals surface area contributed by atoms with Crippen LogP contribution in [-0.2, 0) is 14.3 Å². The van der Waals surface area contributed by atoms with Gasteiger partial charge in [0, 0.05) is 16.8 Å². The van der Waals surface area contributed by atoms with Crippen LogP contribution in [0.25, 0.3) is 0 Å². The summed E-state index contributed by atoms with van der Waals surface area (Å²) < 4.78 is 5.54. The van der Waals surface area contributed by atoms with Gasteiger partial charge in [-0.3, -0.25) is 4.79 Å². The number of rotatable bonds is 7. The molecule has 2 aliphatic rings. The Balaban J connectivity index is 2.02. The van der Waals surface area contributed by atoms with Crippen LogP contribution in [0.3, 0.4) is 0 Å². The first-order valence-electron chi connectivity index (χ1n) is 10.4. The third kappa shape index (κ3) is 5.15. The number of esters is 1. The highest BCUT2D eigenvalue weighted by molar-refractivity contribution is 8.16. The molecule has 166 valence electrons. The lowest BCUT2D eigenvalue weighted by molar-refractivity contribution is -0.143. The largest absolute Gasteiger partial charge is 0.459 e. The molecule has 2 atom stereocenters. The molecule has 31 heavy (non-hydrogen) atoms. The van der Waals surface area contributed by atoms with Gasteiger partial charge in [-0.2, -0.15) is 0 Å². The van der Waals surface area contributed by atoms with E-state index in [0.29, 0.717) is 16.3 Å². The van der Waals surface area contributed by atoms with E-state index in [4.69, 9.17) is 16.3 Å². The fourth-order valence-electron chi connectivity index (χ4n) is 3.49. The minimum atomic E-state index is -0.523. The molecule has 0 radical (unpaired) electrons. The van der Waals surface area contributed by atoms with Gasteiger partial charge >= 0.3 is 5.97 Å². The third-order valence-electron chi connectivity index (χ3n) is 5.12. The van der Waals surface area contributed by atoms with Gasteiger partial charge in [-0.1, -0.05) is 48.5 Å². The molecule has 1 amide bonds. The molecule has 0 unspecified atom stereocenters. The zero-order valence-electron chi connectivity index (χ0n) is 18.4. The summed E-state index contributed by atoms with van der Waals surface area (Å²) in [5, 5.41) is 6.18. The maximum atomic E-state index is 13.1. The molecule has 0 saturated carbocycles. The average Bonchev–Trinajstić information content (AvgIpc) is 3.08. The number of nitrogens with zero attached hydrogens (tertiary/aromatic N) is 2. The number of hydrogen-bond acceptors (Lipinski definition) is 6. The van der Waals surface area contributed by atoms with E-state index in [1.807, 2.05) is 56.2 Å². The molecule has 6 nitrogen and oxygen atoms in total. The first kappa shape index (κ1) is 23.4. The van der Waals surface area contributed by atoms with Crippen molar-refractivity contribution in [1.29, 1.82) is 0 Å². The molecule has 0 spiro atoms. The van der Waals surface area contributed by atoms with Crippen molar-refractivity contribution >= 4 is 40.4 Å². The van der Waals surface area contributed by atoms with E-state index in [2.05, 4.69) is 10.3 Å². The summed E-state index contributed by atoms with van der Waals surface area (Å²) in [6.45, 7) is 9.43. The highest BCUT2D eigenvalue weighted by atomic mass is 35.5. The summed E-state index contributed by atoms with van der Waals surface area (Å²) >= 11 is 8.01. The van der Waals surface area contributed by atoms with Crippen molar-refractivity contribution in [1.82, 2.24) is 10.2 Å². The summed E-state index contributed by atoms with van der Waals surface area (Å²) in [6.07, 6.45) is 0.767. The van der Waals surface area contributed by atoms with E-state index in [9.17, 15) is 9.59 Å². The topological polar surface area (TPSA) is 71.0 Å². The lowest BCUT2D eigenvalue weighted by Gasteiger charge is -2.36. The van der Waals surface area contributed by atoms with Crippen LogP contribution in [0.1, 0.15) is 59.1 Å². The molecule has 1 aromatic carbocycles. The van der Waals surface area contributed by atoms with E-state index in [0.717, 1.165) is 22.8 Å². The highest BCUT2D eigenvalue weighted by Gasteiger charge is 2.42. The second-order valence-electron chi connectivity index (χ2n) is 7.92. The molecule has 8 heteroatoms. The SMILES string of the molecule is CC[C@H](C)NC(=O)CC1=CSC2=NC(C)=C(C(=O)OC(C)C)[C@@H](c3ccccc3Cl)N12. The Hall–Kier alpha value is -2.25. The summed E-state index contributed by atoms with van der Waals surface area (Å²) in [5.74, 6) is -0.501. The van der Waals surface area contributed by atoms with Crippen LogP contribution in [-0.4, -0.2) is 34.1 Å². The molecule has 2 heterocycles. The zero-order chi connectivity index (χ0) is 22.7. The van der Waals surface area contributed by atoms with Crippen molar-refractivity contribution in [2.75, 3.05) is 0 Å². The number of hydrogen-bond donors (Lipinski definition) is 1. The van der Waals surface area contributed by atoms with Crippen LogP contribution in [0.5, 0.6) is 0 Å². The van der Waals surface area contributed by atoms with Gasteiger partial charge in [0.2, 0.25) is 5.91 Å². The van der Waals surface area contributed by atoms with Gasteiger partial charge in [0.05, 0.1) is 29.8 Å². The Kier molecular flexibility index (Phi) is 7.49. The van der Waals surface area contributed by atoms with Gasteiger partial charge in [0.25, 0.3) is 0 Å². The van der Waals surface area contributed by atoms with E-state index in [1.54, 1.807) is 13.0 Å². The molecular weight excluding hydrogens is 434 g/mol.